The van der Waals surface area contributed by atoms with Crippen molar-refractivity contribution in [3.05, 3.63) is 0 Å². The fraction of sp³-hybridized carbons (Fsp3) is 1.00. The predicted molar refractivity (Wildman–Crippen MR) is 44.8 cm³/mol. The van der Waals surface area contributed by atoms with Crippen LogP contribution in [0.3, 0.4) is 0 Å². The summed E-state index contributed by atoms with van der Waals surface area (Å²) in [6.07, 6.45) is 1.53. The Labute approximate surface area is 76.3 Å². The standard InChI is InChI=1S/C9H15F2NO/c10-9(11)5-6-12-8(7(9)13)3-1-2-4-8/h7,12-13H,1-6H2. The summed E-state index contributed by atoms with van der Waals surface area (Å²) in [5.41, 5.74) is -0.679. The smallest absolute Gasteiger partial charge is 0.276 e. The van der Waals surface area contributed by atoms with Crippen LogP contribution in [0.5, 0.6) is 0 Å². The molecule has 0 aromatic carbocycles. The maximum Gasteiger partial charge on any atom is 0.276 e. The van der Waals surface area contributed by atoms with Gasteiger partial charge in [0.2, 0.25) is 0 Å². The van der Waals surface area contributed by atoms with Crippen LogP contribution in [-0.2, 0) is 0 Å². The Morgan fingerprint density at radius 3 is 2.38 bits per heavy atom. The molecule has 1 spiro atoms. The molecule has 76 valence electrons. The lowest BCUT2D eigenvalue weighted by molar-refractivity contribution is -0.166. The SMILES string of the molecule is OC1C(F)(F)CCNC12CCCC2. The van der Waals surface area contributed by atoms with E-state index in [9.17, 15) is 13.9 Å². The van der Waals surface area contributed by atoms with Gasteiger partial charge in [-0.15, -0.1) is 0 Å². The molecule has 0 amide bonds. The van der Waals surface area contributed by atoms with Crippen molar-refractivity contribution in [1.29, 1.82) is 0 Å². The van der Waals surface area contributed by atoms with Crippen molar-refractivity contribution in [2.45, 2.75) is 49.7 Å². The number of hydrogen-bond acceptors (Lipinski definition) is 2. The van der Waals surface area contributed by atoms with E-state index in [4.69, 9.17) is 0 Å². The average Bonchev–Trinajstić information content (AvgIpc) is 2.50. The first-order valence-electron chi connectivity index (χ1n) is 4.88. The third kappa shape index (κ3) is 1.36. The summed E-state index contributed by atoms with van der Waals surface area (Å²) >= 11 is 0. The maximum absolute atomic E-state index is 13.2. The van der Waals surface area contributed by atoms with Crippen LogP contribution in [0.15, 0.2) is 0 Å². The van der Waals surface area contributed by atoms with Gasteiger partial charge in [-0.25, -0.2) is 8.78 Å². The van der Waals surface area contributed by atoms with Crippen molar-refractivity contribution in [2.24, 2.45) is 0 Å². The molecule has 1 saturated carbocycles. The molecule has 0 aromatic rings. The molecule has 1 unspecified atom stereocenters. The van der Waals surface area contributed by atoms with Crippen LogP contribution in [-0.4, -0.2) is 29.2 Å². The number of rotatable bonds is 0. The first-order valence-corrected chi connectivity index (χ1v) is 4.88. The molecule has 1 heterocycles. The second kappa shape index (κ2) is 2.89. The van der Waals surface area contributed by atoms with Gasteiger partial charge >= 0.3 is 0 Å². The highest BCUT2D eigenvalue weighted by Gasteiger charge is 2.55. The van der Waals surface area contributed by atoms with Crippen molar-refractivity contribution in [3.63, 3.8) is 0 Å². The number of alkyl halides is 2. The van der Waals surface area contributed by atoms with Gasteiger partial charge in [0.05, 0.1) is 5.54 Å². The van der Waals surface area contributed by atoms with Crippen molar-refractivity contribution in [1.82, 2.24) is 5.32 Å². The van der Waals surface area contributed by atoms with E-state index in [1.54, 1.807) is 0 Å². The minimum absolute atomic E-state index is 0.240. The van der Waals surface area contributed by atoms with Crippen molar-refractivity contribution in [2.75, 3.05) is 6.54 Å². The second-order valence-electron chi connectivity index (χ2n) is 4.20. The van der Waals surface area contributed by atoms with E-state index in [0.717, 1.165) is 12.8 Å². The van der Waals surface area contributed by atoms with Crippen molar-refractivity contribution in [3.8, 4) is 0 Å². The molecule has 2 aliphatic rings. The van der Waals surface area contributed by atoms with Gasteiger partial charge in [-0.05, 0) is 12.8 Å². The molecule has 13 heavy (non-hydrogen) atoms. The van der Waals surface area contributed by atoms with Crippen molar-refractivity contribution < 1.29 is 13.9 Å². The summed E-state index contributed by atoms with van der Waals surface area (Å²) < 4.78 is 26.4. The lowest BCUT2D eigenvalue weighted by Gasteiger charge is -2.43. The van der Waals surface area contributed by atoms with E-state index in [-0.39, 0.29) is 6.42 Å². The molecular weight excluding hydrogens is 176 g/mol. The molecule has 2 N–H and O–H groups in total. The zero-order valence-corrected chi connectivity index (χ0v) is 7.52. The number of aliphatic hydroxyl groups is 1. The molecule has 1 aliphatic carbocycles. The topological polar surface area (TPSA) is 32.3 Å². The highest BCUT2D eigenvalue weighted by atomic mass is 19.3. The van der Waals surface area contributed by atoms with Crippen molar-refractivity contribution >= 4 is 0 Å². The third-order valence-electron chi connectivity index (χ3n) is 3.35. The first-order chi connectivity index (χ1) is 6.07. The highest BCUT2D eigenvalue weighted by Crippen LogP contribution is 2.42. The molecule has 2 rings (SSSR count). The summed E-state index contributed by atoms with van der Waals surface area (Å²) in [7, 11) is 0. The monoisotopic (exact) mass is 191 g/mol. The van der Waals surface area contributed by atoms with E-state index in [2.05, 4.69) is 5.32 Å². The maximum atomic E-state index is 13.2. The molecule has 0 radical (unpaired) electrons. The van der Waals surface area contributed by atoms with Gasteiger partial charge < -0.3 is 10.4 Å². The molecule has 0 aromatic heterocycles. The number of halogens is 2. The van der Waals surface area contributed by atoms with Gasteiger partial charge in [-0.2, -0.15) is 0 Å². The van der Waals surface area contributed by atoms with Gasteiger partial charge in [0.15, 0.2) is 0 Å². The molecule has 0 bridgehead atoms. The summed E-state index contributed by atoms with van der Waals surface area (Å²) in [5, 5.41) is 12.6. The van der Waals surface area contributed by atoms with Crippen LogP contribution in [0, 0.1) is 0 Å². The molecule has 4 heteroatoms. The minimum Gasteiger partial charge on any atom is -0.385 e. The molecular formula is C9H15F2NO. The number of aliphatic hydroxyl groups excluding tert-OH is 1. The van der Waals surface area contributed by atoms with E-state index in [0.29, 0.717) is 19.4 Å². The third-order valence-corrected chi connectivity index (χ3v) is 3.35. The Morgan fingerprint density at radius 1 is 1.15 bits per heavy atom. The fourth-order valence-electron chi connectivity index (χ4n) is 2.57. The zero-order valence-electron chi connectivity index (χ0n) is 7.52. The summed E-state index contributed by atoms with van der Waals surface area (Å²) in [4.78, 5) is 0. The average molecular weight is 191 g/mol. The Balaban J connectivity index is 2.19. The predicted octanol–water partition coefficient (Wildman–Crippen LogP) is 1.29. The summed E-state index contributed by atoms with van der Waals surface area (Å²) in [5.74, 6) is -2.89. The number of nitrogens with one attached hydrogen (secondary N) is 1. The van der Waals surface area contributed by atoms with Crippen LogP contribution in [0.2, 0.25) is 0 Å². The van der Waals surface area contributed by atoms with Gasteiger partial charge in [0.1, 0.15) is 6.10 Å². The lowest BCUT2D eigenvalue weighted by Crippen LogP contribution is -2.64. The second-order valence-corrected chi connectivity index (χ2v) is 4.20. The van der Waals surface area contributed by atoms with Crippen LogP contribution >= 0.6 is 0 Å². The minimum atomic E-state index is -2.89. The molecule has 1 atom stereocenters. The molecule has 1 aliphatic heterocycles. The van der Waals surface area contributed by atoms with Crippen LogP contribution in [0.1, 0.15) is 32.1 Å². The summed E-state index contributed by atoms with van der Waals surface area (Å²) in [6.45, 7) is 0.323. The fourth-order valence-corrected chi connectivity index (χ4v) is 2.57. The van der Waals surface area contributed by atoms with E-state index in [1.165, 1.54) is 0 Å². The van der Waals surface area contributed by atoms with E-state index in [1.807, 2.05) is 0 Å². The van der Waals surface area contributed by atoms with Crippen LogP contribution in [0.25, 0.3) is 0 Å². The Bertz CT molecular complexity index is 202. The Kier molecular flexibility index (Phi) is 2.07. The van der Waals surface area contributed by atoms with Gasteiger partial charge in [-0.3, -0.25) is 0 Å². The normalized spacial score (nSPS) is 36.7. The highest BCUT2D eigenvalue weighted by molar-refractivity contribution is 5.06. The molecule has 2 fully saturated rings. The number of hydrogen-bond donors (Lipinski definition) is 2. The van der Waals surface area contributed by atoms with Gasteiger partial charge in [-0.1, -0.05) is 12.8 Å². The van der Waals surface area contributed by atoms with E-state index < -0.39 is 17.6 Å². The first kappa shape index (κ1) is 9.34. The van der Waals surface area contributed by atoms with Gasteiger partial charge in [0.25, 0.3) is 5.92 Å². The van der Waals surface area contributed by atoms with E-state index >= 15 is 0 Å². The lowest BCUT2D eigenvalue weighted by atomic mass is 9.82. The Morgan fingerprint density at radius 2 is 1.77 bits per heavy atom. The number of piperidine rings is 1. The largest absolute Gasteiger partial charge is 0.385 e. The van der Waals surface area contributed by atoms with Crippen LogP contribution in [0.4, 0.5) is 8.78 Å². The molecule has 2 nitrogen and oxygen atoms in total. The quantitative estimate of drug-likeness (QED) is 0.604. The Hall–Kier alpha value is -0.220. The van der Waals surface area contributed by atoms with Crippen LogP contribution < -0.4 is 5.32 Å². The summed E-state index contributed by atoms with van der Waals surface area (Å²) in [6, 6.07) is 0. The zero-order chi connectivity index (χ0) is 9.53. The molecule has 1 saturated heterocycles. The van der Waals surface area contributed by atoms with Gasteiger partial charge in [0, 0.05) is 13.0 Å².